The van der Waals surface area contributed by atoms with Gasteiger partial charge in [-0.1, -0.05) is 12.1 Å². The number of carbonyl (C=O) groups excluding carboxylic acids is 1. The Labute approximate surface area is 118 Å². The molecular formula is C16H17N3O. The average Bonchev–Trinajstić information content (AvgIpc) is 3.20. The number of para-hydroxylation sites is 1. The van der Waals surface area contributed by atoms with E-state index in [1.165, 1.54) is 0 Å². The van der Waals surface area contributed by atoms with E-state index in [4.69, 9.17) is 0 Å². The molecule has 20 heavy (non-hydrogen) atoms. The van der Waals surface area contributed by atoms with Gasteiger partial charge < -0.3 is 14.8 Å². The van der Waals surface area contributed by atoms with Gasteiger partial charge in [-0.2, -0.15) is 0 Å². The van der Waals surface area contributed by atoms with Crippen molar-refractivity contribution in [2.45, 2.75) is 25.0 Å². The molecule has 1 unspecified atom stereocenters. The molecular weight excluding hydrogens is 250 g/mol. The number of nitrogens with zero attached hydrogens (tertiary/aromatic N) is 2. The fourth-order valence-corrected chi connectivity index (χ4v) is 2.97. The summed E-state index contributed by atoms with van der Waals surface area (Å²) in [5, 5.41) is 3.53. The molecule has 2 aromatic rings. The summed E-state index contributed by atoms with van der Waals surface area (Å²) >= 11 is 0. The van der Waals surface area contributed by atoms with E-state index in [2.05, 4.69) is 16.0 Å². The van der Waals surface area contributed by atoms with Crippen molar-refractivity contribution in [1.29, 1.82) is 0 Å². The van der Waals surface area contributed by atoms with Crippen molar-refractivity contribution in [3.8, 4) is 0 Å². The zero-order valence-electron chi connectivity index (χ0n) is 11.4. The van der Waals surface area contributed by atoms with Gasteiger partial charge in [0.15, 0.2) is 0 Å². The Kier molecular flexibility index (Phi) is 2.39. The third-order valence-electron chi connectivity index (χ3n) is 4.17. The summed E-state index contributed by atoms with van der Waals surface area (Å²) in [6.45, 7) is 0. The number of benzene rings is 1. The van der Waals surface area contributed by atoms with Crippen LogP contribution >= 0.6 is 0 Å². The standard InChI is InChI=1S/C16H17N3O/c1-18-10-4-7-14(18)15-17-13-6-3-2-5-12(13)16(20)19(15)11-8-9-11/h2-7,10-11,15,17H,8-9H2,1H3. The van der Waals surface area contributed by atoms with Gasteiger partial charge in [-0.3, -0.25) is 4.79 Å². The van der Waals surface area contributed by atoms with Gasteiger partial charge in [0.25, 0.3) is 5.91 Å². The smallest absolute Gasteiger partial charge is 0.258 e. The van der Waals surface area contributed by atoms with Gasteiger partial charge in [-0.15, -0.1) is 0 Å². The summed E-state index contributed by atoms with van der Waals surface area (Å²) in [7, 11) is 2.02. The SMILES string of the molecule is Cn1cccc1C1Nc2ccccc2C(=O)N1C1CC1. The van der Waals surface area contributed by atoms with E-state index in [1.807, 2.05) is 48.5 Å². The number of hydrogen-bond donors (Lipinski definition) is 1. The molecule has 4 rings (SSSR count). The number of hydrogen-bond acceptors (Lipinski definition) is 2. The largest absolute Gasteiger partial charge is 0.360 e. The van der Waals surface area contributed by atoms with Crippen LogP contribution in [0.2, 0.25) is 0 Å². The molecule has 1 N–H and O–H groups in total. The third-order valence-corrected chi connectivity index (χ3v) is 4.17. The number of aromatic nitrogens is 1. The van der Waals surface area contributed by atoms with Crippen molar-refractivity contribution in [3.63, 3.8) is 0 Å². The Morgan fingerprint density at radius 1 is 1.15 bits per heavy atom. The highest BCUT2D eigenvalue weighted by Gasteiger charge is 2.42. The molecule has 4 heteroatoms. The average molecular weight is 267 g/mol. The molecule has 1 aromatic heterocycles. The number of anilines is 1. The molecule has 1 saturated carbocycles. The number of fused-ring (bicyclic) bond motifs is 1. The fourth-order valence-electron chi connectivity index (χ4n) is 2.97. The number of nitrogens with one attached hydrogen (secondary N) is 1. The van der Waals surface area contributed by atoms with E-state index >= 15 is 0 Å². The van der Waals surface area contributed by atoms with Gasteiger partial charge in [0, 0.05) is 25.0 Å². The Bertz CT molecular complexity index is 672. The van der Waals surface area contributed by atoms with E-state index in [-0.39, 0.29) is 12.1 Å². The van der Waals surface area contributed by atoms with Crippen LogP contribution in [0.4, 0.5) is 5.69 Å². The lowest BCUT2D eigenvalue weighted by molar-refractivity contribution is 0.0660. The fraction of sp³-hybridized carbons (Fsp3) is 0.312. The summed E-state index contributed by atoms with van der Waals surface area (Å²) in [5.41, 5.74) is 2.84. The van der Waals surface area contributed by atoms with Crippen molar-refractivity contribution in [2.75, 3.05) is 5.32 Å². The lowest BCUT2D eigenvalue weighted by Crippen LogP contribution is -2.44. The Balaban J connectivity index is 1.82. The van der Waals surface area contributed by atoms with Crippen LogP contribution in [0.5, 0.6) is 0 Å². The van der Waals surface area contributed by atoms with Gasteiger partial charge in [0.1, 0.15) is 6.17 Å². The first-order chi connectivity index (χ1) is 9.75. The summed E-state index contributed by atoms with van der Waals surface area (Å²) in [5.74, 6) is 0.146. The molecule has 1 aliphatic carbocycles. The quantitative estimate of drug-likeness (QED) is 0.908. The van der Waals surface area contributed by atoms with Gasteiger partial charge >= 0.3 is 0 Å². The van der Waals surface area contributed by atoms with Crippen LogP contribution in [-0.4, -0.2) is 21.4 Å². The minimum Gasteiger partial charge on any atom is -0.360 e. The molecule has 2 aliphatic rings. The molecule has 0 saturated heterocycles. The van der Waals surface area contributed by atoms with Gasteiger partial charge in [-0.25, -0.2) is 0 Å². The Morgan fingerprint density at radius 3 is 2.65 bits per heavy atom. The molecule has 1 aliphatic heterocycles. The van der Waals surface area contributed by atoms with Crippen molar-refractivity contribution in [2.24, 2.45) is 7.05 Å². The van der Waals surface area contributed by atoms with Gasteiger partial charge in [-0.05, 0) is 37.1 Å². The first-order valence-corrected chi connectivity index (χ1v) is 7.05. The highest BCUT2D eigenvalue weighted by atomic mass is 16.2. The van der Waals surface area contributed by atoms with Crippen LogP contribution in [-0.2, 0) is 7.05 Å². The molecule has 1 aromatic carbocycles. The van der Waals surface area contributed by atoms with Crippen molar-refractivity contribution in [3.05, 3.63) is 53.9 Å². The predicted octanol–water partition coefficient (Wildman–Crippen LogP) is 2.75. The minimum absolute atomic E-state index is 0.0649. The number of carbonyl (C=O) groups is 1. The lowest BCUT2D eigenvalue weighted by Gasteiger charge is -2.38. The molecule has 4 nitrogen and oxygen atoms in total. The second-order valence-electron chi connectivity index (χ2n) is 5.58. The molecule has 2 heterocycles. The zero-order valence-corrected chi connectivity index (χ0v) is 11.4. The summed E-state index contributed by atoms with van der Waals surface area (Å²) < 4.78 is 2.08. The maximum absolute atomic E-state index is 12.8. The van der Waals surface area contributed by atoms with Crippen molar-refractivity contribution in [1.82, 2.24) is 9.47 Å². The third kappa shape index (κ3) is 1.64. The molecule has 0 bridgehead atoms. The monoisotopic (exact) mass is 267 g/mol. The first kappa shape index (κ1) is 11.6. The highest BCUT2D eigenvalue weighted by molar-refractivity contribution is 6.02. The maximum atomic E-state index is 12.8. The predicted molar refractivity (Wildman–Crippen MR) is 77.4 cm³/mol. The lowest BCUT2D eigenvalue weighted by atomic mass is 10.1. The summed E-state index contributed by atoms with van der Waals surface area (Å²) in [4.78, 5) is 14.8. The first-order valence-electron chi connectivity index (χ1n) is 7.05. The normalized spacial score (nSPS) is 21.6. The summed E-state index contributed by atoms with van der Waals surface area (Å²) in [6, 6.07) is 12.2. The van der Waals surface area contributed by atoms with Crippen LogP contribution in [0.15, 0.2) is 42.6 Å². The van der Waals surface area contributed by atoms with E-state index in [1.54, 1.807) is 0 Å². The maximum Gasteiger partial charge on any atom is 0.258 e. The minimum atomic E-state index is -0.0649. The van der Waals surface area contributed by atoms with E-state index in [0.717, 1.165) is 29.8 Å². The molecule has 1 fully saturated rings. The van der Waals surface area contributed by atoms with Crippen LogP contribution in [0, 0.1) is 0 Å². The molecule has 102 valence electrons. The number of amides is 1. The highest BCUT2D eigenvalue weighted by Crippen LogP contribution is 2.40. The molecule has 0 radical (unpaired) electrons. The van der Waals surface area contributed by atoms with Crippen LogP contribution < -0.4 is 5.32 Å². The van der Waals surface area contributed by atoms with E-state index < -0.39 is 0 Å². The van der Waals surface area contributed by atoms with Crippen molar-refractivity contribution >= 4 is 11.6 Å². The molecule has 1 atom stereocenters. The van der Waals surface area contributed by atoms with Gasteiger partial charge in [0.05, 0.1) is 11.3 Å². The second-order valence-corrected chi connectivity index (χ2v) is 5.58. The number of aryl methyl sites for hydroxylation is 1. The Hall–Kier alpha value is -2.23. The number of rotatable bonds is 2. The zero-order chi connectivity index (χ0) is 13.7. The Morgan fingerprint density at radius 2 is 1.95 bits per heavy atom. The van der Waals surface area contributed by atoms with Gasteiger partial charge in [0.2, 0.25) is 0 Å². The van der Waals surface area contributed by atoms with Crippen LogP contribution in [0.25, 0.3) is 0 Å². The topological polar surface area (TPSA) is 37.3 Å². The molecule has 0 spiro atoms. The van der Waals surface area contributed by atoms with Crippen LogP contribution in [0.1, 0.15) is 35.1 Å². The van der Waals surface area contributed by atoms with Crippen LogP contribution in [0.3, 0.4) is 0 Å². The second kappa shape index (κ2) is 4.13. The van der Waals surface area contributed by atoms with E-state index in [9.17, 15) is 4.79 Å². The van der Waals surface area contributed by atoms with E-state index in [0.29, 0.717) is 6.04 Å². The molecule has 1 amide bonds. The van der Waals surface area contributed by atoms with Crippen molar-refractivity contribution < 1.29 is 4.79 Å². The summed E-state index contributed by atoms with van der Waals surface area (Å²) in [6.07, 6.45) is 4.17.